The third-order valence-corrected chi connectivity index (χ3v) is 5.32. The van der Waals surface area contributed by atoms with E-state index in [-0.39, 0.29) is 18.5 Å². The van der Waals surface area contributed by atoms with Gasteiger partial charge in [0.2, 0.25) is 5.91 Å². The number of nitrogens with one attached hydrogen (secondary N) is 1. The summed E-state index contributed by atoms with van der Waals surface area (Å²) in [5.74, 6) is 0.789. The number of rotatable bonds is 10. The minimum Gasteiger partial charge on any atom is -0.497 e. The molecule has 1 aromatic carbocycles. The lowest BCUT2D eigenvalue weighted by Crippen LogP contribution is -2.55. The molecule has 6 heteroatoms. The second-order valence-corrected chi connectivity index (χ2v) is 7.50. The zero-order chi connectivity index (χ0) is 18.5. The molecule has 0 bridgehead atoms. The molecule has 2 aliphatic carbocycles. The van der Waals surface area contributed by atoms with Crippen molar-refractivity contribution in [3.05, 3.63) is 29.8 Å². The Hall–Kier alpha value is -2.08. The van der Waals surface area contributed by atoms with Crippen LogP contribution in [0.15, 0.2) is 24.3 Å². The molecule has 1 aromatic rings. The van der Waals surface area contributed by atoms with E-state index >= 15 is 0 Å². The Morgan fingerprint density at radius 2 is 1.92 bits per heavy atom. The molecule has 2 N–H and O–H groups in total. The van der Waals surface area contributed by atoms with Crippen LogP contribution in [0, 0.1) is 5.92 Å². The number of hydrogen-bond acceptors (Lipinski definition) is 4. The Balaban J connectivity index is 1.37. The van der Waals surface area contributed by atoms with Crippen molar-refractivity contribution in [2.75, 3.05) is 20.2 Å². The maximum atomic E-state index is 12.1. The average molecular weight is 360 g/mol. The lowest BCUT2D eigenvalue weighted by atomic mass is 9.85. The van der Waals surface area contributed by atoms with Crippen LogP contribution in [0.5, 0.6) is 5.75 Å². The second kappa shape index (κ2) is 8.54. The van der Waals surface area contributed by atoms with Crippen molar-refractivity contribution < 1.29 is 19.4 Å². The Kier molecular flexibility index (Phi) is 6.14. The van der Waals surface area contributed by atoms with Gasteiger partial charge in [0.05, 0.1) is 13.7 Å². The lowest BCUT2D eigenvalue weighted by molar-refractivity contribution is -0.140. The van der Waals surface area contributed by atoms with E-state index in [2.05, 4.69) is 10.2 Å². The molecule has 2 aliphatic rings. The number of amides is 1. The van der Waals surface area contributed by atoms with Gasteiger partial charge in [-0.25, -0.2) is 0 Å². The number of hydrogen-bond donors (Lipinski definition) is 2. The topological polar surface area (TPSA) is 78.9 Å². The van der Waals surface area contributed by atoms with Gasteiger partial charge in [-0.15, -0.1) is 0 Å². The maximum Gasteiger partial charge on any atom is 0.317 e. The summed E-state index contributed by atoms with van der Waals surface area (Å²) in [5.41, 5.74) is 1.12. The molecule has 0 spiro atoms. The van der Waals surface area contributed by atoms with Crippen molar-refractivity contribution >= 4 is 11.9 Å². The summed E-state index contributed by atoms with van der Waals surface area (Å²) in [7, 11) is 1.64. The van der Waals surface area contributed by atoms with Crippen molar-refractivity contribution in [3.63, 3.8) is 0 Å². The van der Waals surface area contributed by atoms with Gasteiger partial charge < -0.3 is 15.2 Å². The Morgan fingerprint density at radius 1 is 1.23 bits per heavy atom. The standard InChI is InChI=1S/C20H28N2O4/c1-26-18-7-4-14(5-8-18)6-9-19(23)21-16-10-17(11-16)22(13-20(24)25)12-15-2-3-15/h4-5,7-8,15-17H,2-3,6,9-13H2,1H3,(H,21,23)(H,24,25). The monoisotopic (exact) mass is 360 g/mol. The first kappa shape index (κ1) is 18.7. The van der Waals surface area contributed by atoms with Crippen LogP contribution >= 0.6 is 0 Å². The average Bonchev–Trinajstić information content (AvgIpc) is 3.39. The van der Waals surface area contributed by atoms with Gasteiger partial charge in [0, 0.05) is 25.0 Å². The summed E-state index contributed by atoms with van der Waals surface area (Å²) >= 11 is 0. The van der Waals surface area contributed by atoms with Crippen LogP contribution in [-0.2, 0) is 16.0 Å². The van der Waals surface area contributed by atoms with Gasteiger partial charge in [-0.05, 0) is 55.7 Å². The quantitative estimate of drug-likeness (QED) is 0.668. The number of aryl methyl sites for hydroxylation is 1. The fourth-order valence-electron chi connectivity index (χ4n) is 3.50. The van der Waals surface area contributed by atoms with Crippen LogP contribution in [0.25, 0.3) is 0 Å². The van der Waals surface area contributed by atoms with Crippen LogP contribution in [0.4, 0.5) is 0 Å². The highest BCUT2D eigenvalue weighted by atomic mass is 16.5. The smallest absolute Gasteiger partial charge is 0.317 e. The molecular weight excluding hydrogens is 332 g/mol. The first-order chi connectivity index (χ1) is 12.5. The van der Waals surface area contributed by atoms with Crippen molar-refractivity contribution in [3.8, 4) is 5.75 Å². The number of carbonyl (C=O) groups is 2. The molecule has 142 valence electrons. The number of methoxy groups -OCH3 is 1. The zero-order valence-electron chi connectivity index (χ0n) is 15.3. The molecular formula is C20H28N2O4. The van der Waals surface area contributed by atoms with Crippen LogP contribution < -0.4 is 10.1 Å². The predicted molar refractivity (Wildman–Crippen MR) is 98.2 cm³/mol. The fraction of sp³-hybridized carbons (Fsp3) is 0.600. The largest absolute Gasteiger partial charge is 0.497 e. The predicted octanol–water partition coefficient (Wildman–Crippen LogP) is 2.07. The summed E-state index contributed by atoms with van der Waals surface area (Å²) in [6.07, 6.45) is 5.32. The number of aliphatic carboxylic acids is 1. The molecule has 2 fully saturated rings. The maximum absolute atomic E-state index is 12.1. The zero-order valence-corrected chi connectivity index (χ0v) is 15.3. The summed E-state index contributed by atoms with van der Waals surface area (Å²) in [6, 6.07) is 8.24. The fourth-order valence-corrected chi connectivity index (χ4v) is 3.50. The van der Waals surface area contributed by atoms with Crippen molar-refractivity contribution in [1.82, 2.24) is 10.2 Å². The van der Waals surface area contributed by atoms with E-state index in [0.29, 0.717) is 24.8 Å². The molecule has 0 unspecified atom stereocenters. The van der Waals surface area contributed by atoms with Crippen LogP contribution in [-0.4, -0.2) is 54.2 Å². The van der Waals surface area contributed by atoms with Gasteiger partial charge in [0.1, 0.15) is 5.75 Å². The lowest BCUT2D eigenvalue weighted by Gasteiger charge is -2.42. The van der Waals surface area contributed by atoms with E-state index in [1.807, 2.05) is 24.3 Å². The van der Waals surface area contributed by atoms with Crippen LogP contribution in [0.1, 0.15) is 37.7 Å². The highest BCUT2D eigenvalue weighted by molar-refractivity contribution is 5.76. The van der Waals surface area contributed by atoms with E-state index in [0.717, 1.165) is 30.7 Å². The molecule has 3 rings (SSSR count). The van der Waals surface area contributed by atoms with Crippen molar-refractivity contribution in [2.45, 2.75) is 50.6 Å². The van der Waals surface area contributed by atoms with E-state index in [1.54, 1.807) is 7.11 Å². The first-order valence-electron chi connectivity index (χ1n) is 9.41. The van der Waals surface area contributed by atoms with Crippen LogP contribution in [0.3, 0.4) is 0 Å². The SMILES string of the molecule is COc1ccc(CCC(=O)NC2CC(N(CC(=O)O)CC3CC3)C2)cc1. The molecule has 1 amide bonds. The molecule has 0 heterocycles. The van der Waals surface area contributed by atoms with Gasteiger partial charge in [0.25, 0.3) is 0 Å². The summed E-state index contributed by atoms with van der Waals surface area (Å²) in [6.45, 7) is 0.994. The minimum absolute atomic E-state index is 0.0660. The van der Waals surface area contributed by atoms with Crippen molar-refractivity contribution in [1.29, 1.82) is 0 Å². The molecule has 0 saturated heterocycles. The second-order valence-electron chi connectivity index (χ2n) is 7.50. The highest BCUT2D eigenvalue weighted by Crippen LogP contribution is 2.33. The van der Waals surface area contributed by atoms with Gasteiger partial charge in [0.15, 0.2) is 0 Å². The Morgan fingerprint density at radius 3 is 2.50 bits per heavy atom. The number of benzene rings is 1. The van der Waals surface area contributed by atoms with Crippen molar-refractivity contribution in [2.24, 2.45) is 5.92 Å². The number of carbonyl (C=O) groups excluding carboxylic acids is 1. The Labute approximate surface area is 154 Å². The normalized spacial score (nSPS) is 21.9. The summed E-state index contributed by atoms with van der Waals surface area (Å²) < 4.78 is 5.13. The molecule has 2 saturated carbocycles. The van der Waals surface area contributed by atoms with E-state index < -0.39 is 5.97 Å². The number of carboxylic acid groups (broad SMARTS) is 1. The molecule has 0 aromatic heterocycles. The van der Waals surface area contributed by atoms with Gasteiger partial charge in [-0.3, -0.25) is 14.5 Å². The third kappa shape index (κ3) is 5.46. The number of ether oxygens (including phenoxy) is 1. The summed E-state index contributed by atoms with van der Waals surface area (Å²) in [4.78, 5) is 25.3. The molecule has 0 aliphatic heterocycles. The van der Waals surface area contributed by atoms with Crippen LogP contribution in [0.2, 0.25) is 0 Å². The van der Waals surface area contributed by atoms with E-state index in [1.165, 1.54) is 12.8 Å². The minimum atomic E-state index is -0.766. The molecule has 26 heavy (non-hydrogen) atoms. The first-order valence-corrected chi connectivity index (χ1v) is 9.41. The van der Waals surface area contributed by atoms with Gasteiger partial charge >= 0.3 is 5.97 Å². The molecule has 0 atom stereocenters. The number of carboxylic acids is 1. The highest BCUT2D eigenvalue weighted by Gasteiger charge is 2.37. The van der Waals surface area contributed by atoms with Gasteiger partial charge in [-0.1, -0.05) is 12.1 Å². The number of nitrogens with zero attached hydrogens (tertiary/aromatic N) is 1. The van der Waals surface area contributed by atoms with E-state index in [9.17, 15) is 9.59 Å². The van der Waals surface area contributed by atoms with Gasteiger partial charge in [-0.2, -0.15) is 0 Å². The summed E-state index contributed by atoms with van der Waals surface area (Å²) in [5, 5.41) is 12.2. The molecule has 6 nitrogen and oxygen atoms in total. The Bertz CT molecular complexity index is 621. The third-order valence-electron chi connectivity index (χ3n) is 5.32. The molecule has 0 radical (unpaired) electrons. The van der Waals surface area contributed by atoms with E-state index in [4.69, 9.17) is 9.84 Å².